The molecule has 0 aromatic heterocycles. The minimum atomic E-state index is -1.56. The van der Waals surface area contributed by atoms with Crippen molar-refractivity contribution in [1.29, 1.82) is 0 Å². The molecular weight excluding hydrogens is 456 g/mol. The molecule has 1 aromatic rings. The van der Waals surface area contributed by atoms with E-state index in [4.69, 9.17) is 10.5 Å². The van der Waals surface area contributed by atoms with E-state index < -0.39 is 23.0 Å². The molecule has 2 fully saturated rings. The van der Waals surface area contributed by atoms with Crippen LogP contribution in [0.5, 0.6) is 0 Å². The summed E-state index contributed by atoms with van der Waals surface area (Å²) in [5.74, 6) is -1.97. The first kappa shape index (κ1) is 25.9. The highest BCUT2D eigenvalue weighted by molar-refractivity contribution is 5.93. The molecule has 4 rings (SSSR count). The Balaban J connectivity index is 1.72. The van der Waals surface area contributed by atoms with Gasteiger partial charge in [0.25, 0.3) is 0 Å². The van der Waals surface area contributed by atoms with Crippen LogP contribution in [0.25, 0.3) is 0 Å². The van der Waals surface area contributed by atoms with Crippen molar-refractivity contribution in [2.24, 2.45) is 28.9 Å². The number of hydrogen-bond acceptors (Lipinski definition) is 5. The summed E-state index contributed by atoms with van der Waals surface area (Å²) >= 11 is 0. The molecule has 7 nitrogen and oxygen atoms in total. The highest BCUT2D eigenvalue weighted by atomic mass is 16.5. The minimum Gasteiger partial charge on any atom is -0.480 e. The van der Waals surface area contributed by atoms with E-state index in [0.29, 0.717) is 18.4 Å². The van der Waals surface area contributed by atoms with Crippen LogP contribution in [0.2, 0.25) is 0 Å². The number of esters is 1. The molecule has 7 heteroatoms. The van der Waals surface area contributed by atoms with Crippen molar-refractivity contribution in [3.05, 3.63) is 71.8 Å². The molecule has 2 aliphatic carbocycles. The highest BCUT2D eigenvalue weighted by Crippen LogP contribution is 2.61. The number of carboxylic acids is 1. The number of fused-ring (bicyclic) bond motifs is 1. The number of amides is 1. The molecule has 0 bridgehead atoms. The van der Waals surface area contributed by atoms with Crippen LogP contribution in [-0.4, -0.2) is 41.1 Å². The lowest BCUT2D eigenvalue weighted by molar-refractivity contribution is -0.154. The van der Waals surface area contributed by atoms with E-state index in [9.17, 15) is 19.5 Å². The van der Waals surface area contributed by atoms with E-state index in [1.54, 1.807) is 6.08 Å². The molecule has 0 saturated heterocycles. The summed E-state index contributed by atoms with van der Waals surface area (Å²) in [7, 11) is 0. The van der Waals surface area contributed by atoms with Crippen LogP contribution in [0, 0.1) is 23.2 Å². The van der Waals surface area contributed by atoms with Gasteiger partial charge in [-0.1, -0.05) is 61.6 Å². The van der Waals surface area contributed by atoms with Gasteiger partial charge in [0.05, 0.1) is 5.57 Å². The standard InChI is InChI=1S/C29H36N2O5/c1-19-9-12-23-27(2,22(19)11-10-21-14-16-36-25(21)33)15-13-24(28(23,3)31-18-32)29(30,26(34)35)17-20-7-5-4-6-8-20/h4-8,10-11,14,18,22-24H,1,9,12-13,15-17,30H2,2-3H3,(H,31,32)(H,34,35)/b11-10+/t22-,23+,24-,27+,28+,29?/m1/s1. The molecule has 4 N–H and O–H groups in total. The first-order valence-electron chi connectivity index (χ1n) is 12.6. The van der Waals surface area contributed by atoms with Crippen LogP contribution in [0.4, 0.5) is 0 Å². The smallest absolute Gasteiger partial charge is 0.338 e. The number of hydrogen-bond donors (Lipinski definition) is 3. The van der Waals surface area contributed by atoms with Gasteiger partial charge in [-0.15, -0.1) is 0 Å². The Morgan fingerprint density at radius 1 is 1.31 bits per heavy atom. The summed E-state index contributed by atoms with van der Waals surface area (Å²) in [6.45, 7) is 8.77. The van der Waals surface area contributed by atoms with Gasteiger partial charge < -0.3 is 20.9 Å². The van der Waals surface area contributed by atoms with Crippen molar-refractivity contribution in [1.82, 2.24) is 5.32 Å². The molecule has 1 heterocycles. The Morgan fingerprint density at radius 2 is 2.03 bits per heavy atom. The molecule has 1 amide bonds. The zero-order valence-corrected chi connectivity index (χ0v) is 21.0. The molecule has 1 aromatic carbocycles. The number of cyclic esters (lactones) is 1. The van der Waals surface area contributed by atoms with Crippen molar-refractivity contribution in [3.8, 4) is 0 Å². The lowest BCUT2D eigenvalue weighted by Crippen LogP contribution is -2.72. The number of carbonyl (C=O) groups excluding carboxylic acids is 2. The van der Waals surface area contributed by atoms with Crippen LogP contribution in [0.15, 0.2) is 66.3 Å². The molecular formula is C29H36N2O5. The van der Waals surface area contributed by atoms with Crippen molar-refractivity contribution in [2.45, 2.75) is 57.0 Å². The van der Waals surface area contributed by atoms with Crippen molar-refractivity contribution in [3.63, 3.8) is 0 Å². The fraction of sp³-hybridized carbons (Fsp3) is 0.483. The fourth-order valence-corrected chi connectivity index (χ4v) is 7.28. The molecule has 0 spiro atoms. The Kier molecular flexibility index (Phi) is 6.97. The topological polar surface area (TPSA) is 119 Å². The first-order chi connectivity index (χ1) is 17.1. The zero-order valence-electron chi connectivity index (χ0n) is 21.0. The van der Waals surface area contributed by atoms with Crippen molar-refractivity contribution >= 4 is 18.3 Å². The maximum atomic E-state index is 12.7. The Labute approximate surface area is 212 Å². The van der Waals surface area contributed by atoms with E-state index in [2.05, 4.69) is 18.8 Å². The summed E-state index contributed by atoms with van der Waals surface area (Å²) in [5, 5.41) is 13.5. The number of benzene rings is 1. The zero-order chi connectivity index (χ0) is 26.1. The summed E-state index contributed by atoms with van der Waals surface area (Å²) < 4.78 is 5.03. The third-order valence-electron chi connectivity index (χ3n) is 9.07. The van der Waals surface area contributed by atoms with Gasteiger partial charge in [0.2, 0.25) is 6.41 Å². The normalized spacial score (nSPS) is 33.9. The van der Waals surface area contributed by atoms with Crippen LogP contribution >= 0.6 is 0 Å². The number of nitrogens with two attached hydrogens (primary N) is 1. The summed E-state index contributed by atoms with van der Waals surface area (Å²) in [6.07, 6.45) is 9.21. The molecule has 6 atom stereocenters. The second-order valence-corrected chi connectivity index (χ2v) is 11.0. The van der Waals surface area contributed by atoms with Gasteiger partial charge in [-0.3, -0.25) is 9.59 Å². The third kappa shape index (κ3) is 4.30. The Hall–Kier alpha value is -3.19. The third-order valence-corrected chi connectivity index (χ3v) is 9.07. The average molecular weight is 493 g/mol. The molecule has 1 unspecified atom stereocenters. The molecule has 192 valence electrons. The number of allylic oxidation sites excluding steroid dienone is 2. The minimum absolute atomic E-state index is 0.0367. The summed E-state index contributed by atoms with van der Waals surface area (Å²) in [4.78, 5) is 36.7. The van der Waals surface area contributed by atoms with E-state index in [1.807, 2.05) is 49.4 Å². The predicted molar refractivity (Wildman–Crippen MR) is 137 cm³/mol. The van der Waals surface area contributed by atoms with Gasteiger partial charge in [0, 0.05) is 23.8 Å². The number of ether oxygens (including phenoxy) is 1. The maximum Gasteiger partial charge on any atom is 0.338 e. The number of carboxylic acid groups (broad SMARTS) is 1. The molecule has 36 heavy (non-hydrogen) atoms. The Bertz CT molecular complexity index is 1110. The van der Waals surface area contributed by atoms with Crippen LogP contribution in [-0.2, 0) is 25.5 Å². The molecule has 3 aliphatic rings. The second-order valence-electron chi connectivity index (χ2n) is 11.0. The fourth-order valence-electron chi connectivity index (χ4n) is 7.28. The van der Waals surface area contributed by atoms with Crippen LogP contribution < -0.4 is 11.1 Å². The molecule has 1 aliphatic heterocycles. The van der Waals surface area contributed by atoms with Gasteiger partial charge >= 0.3 is 11.9 Å². The Morgan fingerprint density at radius 3 is 2.64 bits per heavy atom. The van der Waals surface area contributed by atoms with E-state index in [1.165, 1.54) is 0 Å². The lowest BCUT2D eigenvalue weighted by atomic mass is 9.45. The van der Waals surface area contributed by atoms with Gasteiger partial charge in [0.15, 0.2) is 0 Å². The van der Waals surface area contributed by atoms with Gasteiger partial charge in [0.1, 0.15) is 12.1 Å². The summed E-state index contributed by atoms with van der Waals surface area (Å²) in [6, 6.07) is 9.40. The predicted octanol–water partition coefficient (Wildman–Crippen LogP) is 3.55. The van der Waals surface area contributed by atoms with E-state index >= 15 is 0 Å². The lowest BCUT2D eigenvalue weighted by Gasteiger charge is -2.62. The monoisotopic (exact) mass is 492 g/mol. The van der Waals surface area contributed by atoms with Gasteiger partial charge in [-0.2, -0.15) is 0 Å². The van der Waals surface area contributed by atoms with Gasteiger partial charge in [-0.05, 0) is 55.6 Å². The summed E-state index contributed by atoms with van der Waals surface area (Å²) in [5.41, 5.74) is 6.53. The maximum absolute atomic E-state index is 12.7. The SMILES string of the molecule is C=C1CC[C@H]2[C@@](C)(CC[C@@H](C(N)(Cc3ccccc3)C(=O)O)[C@@]2(C)NC=O)[C@@H]1/C=C/C1=CCOC1=O. The van der Waals surface area contributed by atoms with Crippen LogP contribution in [0.3, 0.4) is 0 Å². The number of nitrogens with one attached hydrogen (secondary N) is 1. The number of carbonyl (C=O) groups is 3. The second kappa shape index (κ2) is 9.69. The highest BCUT2D eigenvalue weighted by Gasteiger charge is 2.63. The largest absolute Gasteiger partial charge is 0.480 e. The number of rotatable bonds is 8. The van der Waals surface area contributed by atoms with Crippen LogP contribution in [0.1, 0.15) is 45.1 Å². The average Bonchev–Trinajstić information content (AvgIpc) is 3.23. The molecule has 0 radical (unpaired) electrons. The number of aliphatic carboxylic acids is 1. The first-order valence-corrected chi connectivity index (χ1v) is 12.6. The van der Waals surface area contributed by atoms with Gasteiger partial charge in [-0.25, -0.2) is 4.79 Å². The van der Waals surface area contributed by atoms with Crippen molar-refractivity contribution in [2.75, 3.05) is 6.61 Å². The molecule has 2 saturated carbocycles. The van der Waals surface area contributed by atoms with E-state index in [-0.39, 0.29) is 36.2 Å². The quantitative estimate of drug-likeness (QED) is 0.290. The van der Waals surface area contributed by atoms with Crippen molar-refractivity contribution < 1.29 is 24.2 Å². The van der Waals surface area contributed by atoms with E-state index in [0.717, 1.165) is 30.4 Å².